The number of H-pyrrole nitrogens is 1. The van der Waals surface area contributed by atoms with Crippen LogP contribution in [-0.2, 0) is 0 Å². The highest BCUT2D eigenvalue weighted by atomic mass is 16.6. The largest absolute Gasteiger partial charge is 0.493 e. The number of benzene rings is 2. The van der Waals surface area contributed by atoms with Gasteiger partial charge in [0.15, 0.2) is 0 Å². The van der Waals surface area contributed by atoms with Crippen molar-refractivity contribution in [2.24, 2.45) is 5.10 Å². The molecule has 0 unspecified atom stereocenters. The molecule has 0 spiro atoms. The predicted molar refractivity (Wildman–Crippen MR) is 121 cm³/mol. The van der Waals surface area contributed by atoms with Gasteiger partial charge in [0, 0.05) is 23.3 Å². The molecule has 1 aromatic heterocycles. The molecule has 11 heteroatoms. The molecule has 0 saturated carbocycles. The molecule has 11 nitrogen and oxygen atoms in total. The van der Waals surface area contributed by atoms with E-state index in [0.717, 1.165) is 0 Å². The van der Waals surface area contributed by atoms with Crippen LogP contribution in [0.1, 0.15) is 29.9 Å². The van der Waals surface area contributed by atoms with E-state index >= 15 is 0 Å². The number of hydrogen-bond donors (Lipinski definition) is 2. The highest BCUT2D eigenvalue weighted by Gasteiger charge is 2.20. The van der Waals surface area contributed by atoms with E-state index < -0.39 is 16.5 Å². The molecule has 3 aromatic rings. The minimum absolute atomic E-state index is 0.0475. The van der Waals surface area contributed by atoms with Crippen molar-refractivity contribution in [1.82, 2.24) is 15.4 Å². The van der Waals surface area contributed by atoms with Crippen molar-refractivity contribution in [1.29, 1.82) is 0 Å². The Kier molecular flexibility index (Phi) is 7.47. The summed E-state index contributed by atoms with van der Waals surface area (Å²) in [7, 11) is 0. The van der Waals surface area contributed by atoms with Crippen molar-refractivity contribution in [3.05, 3.63) is 80.4 Å². The first kappa shape index (κ1) is 23.1. The number of hydrogen-bond acceptors (Lipinski definition) is 8. The maximum absolute atomic E-state index is 12.5. The number of amides is 1. The summed E-state index contributed by atoms with van der Waals surface area (Å²) in [5.74, 6) is -0.329. The number of nitrogens with zero attached hydrogens (tertiary/aromatic N) is 3. The molecule has 170 valence electrons. The lowest BCUT2D eigenvalue weighted by molar-refractivity contribution is -0.385. The summed E-state index contributed by atoms with van der Waals surface area (Å²) in [5, 5.41) is 15.3. The summed E-state index contributed by atoms with van der Waals surface area (Å²) in [4.78, 5) is 41.5. The minimum atomic E-state index is -0.693. The monoisotopic (exact) mass is 451 g/mol. The summed E-state index contributed by atoms with van der Waals surface area (Å²) in [6.07, 6.45) is 1.21. The van der Waals surface area contributed by atoms with Crippen LogP contribution < -0.4 is 20.6 Å². The number of ether oxygens (including phenoxy) is 2. The molecule has 0 radical (unpaired) electrons. The summed E-state index contributed by atoms with van der Waals surface area (Å²) in [6, 6.07) is 13.0. The highest BCUT2D eigenvalue weighted by Crippen LogP contribution is 2.34. The van der Waals surface area contributed by atoms with Crippen molar-refractivity contribution in [2.45, 2.75) is 13.8 Å². The van der Waals surface area contributed by atoms with Crippen LogP contribution in [0.5, 0.6) is 11.5 Å². The molecule has 0 aliphatic heterocycles. The van der Waals surface area contributed by atoms with Gasteiger partial charge in [0.1, 0.15) is 11.4 Å². The number of rotatable bonds is 9. The Labute approximate surface area is 188 Å². The van der Waals surface area contributed by atoms with Crippen molar-refractivity contribution in [2.75, 3.05) is 13.2 Å². The third-order valence-corrected chi connectivity index (χ3v) is 4.32. The first-order valence-corrected chi connectivity index (χ1v) is 10.0. The van der Waals surface area contributed by atoms with Crippen molar-refractivity contribution in [3.8, 4) is 22.8 Å². The lowest BCUT2D eigenvalue weighted by atomic mass is 10.1. The zero-order valence-corrected chi connectivity index (χ0v) is 17.9. The Hall–Kier alpha value is -4.54. The van der Waals surface area contributed by atoms with Gasteiger partial charge in [-0.2, -0.15) is 10.1 Å². The van der Waals surface area contributed by atoms with Gasteiger partial charge in [-0.25, -0.2) is 10.2 Å². The zero-order chi connectivity index (χ0) is 23.8. The quantitative estimate of drug-likeness (QED) is 0.289. The van der Waals surface area contributed by atoms with Gasteiger partial charge in [-0.15, -0.1) is 0 Å². The van der Waals surface area contributed by atoms with E-state index in [1.54, 1.807) is 38.1 Å². The third-order valence-electron chi connectivity index (χ3n) is 4.32. The number of nitrogens with one attached hydrogen (secondary N) is 2. The molecule has 1 amide bonds. The minimum Gasteiger partial charge on any atom is -0.493 e. The summed E-state index contributed by atoms with van der Waals surface area (Å²) < 4.78 is 10.8. The molecule has 0 saturated heterocycles. The molecular formula is C22H21N5O6. The van der Waals surface area contributed by atoms with Crippen LogP contribution in [0.15, 0.2) is 58.4 Å². The Bertz CT molecular complexity index is 1240. The van der Waals surface area contributed by atoms with Crippen LogP contribution in [0, 0.1) is 10.1 Å². The molecule has 0 fully saturated rings. The molecule has 2 N–H and O–H groups in total. The van der Waals surface area contributed by atoms with E-state index in [-0.39, 0.29) is 29.3 Å². The van der Waals surface area contributed by atoms with Crippen molar-refractivity contribution in [3.63, 3.8) is 0 Å². The fraction of sp³-hybridized carbons (Fsp3) is 0.182. The SMILES string of the molecule is CCOc1cc(OCC)c([N+](=O)[O-])cc1/C=N/NC(=O)c1cc(-c2ccccc2)nc(=O)[nH]1. The zero-order valence-electron chi connectivity index (χ0n) is 17.9. The fourth-order valence-corrected chi connectivity index (χ4v) is 2.92. The summed E-state index contributed by atoms with van der Waals surface area (Å²) in [6.45, 7) is 4.01. The van der Waals surface area contributed by atoms with E-state index in [0.29, 0.717) is 23.6 Å². The van der Waals surface area contributed by atoms with Crippen molar-refractivity contribution < 1.29 is 19.2 Å². The first-order valence-electron chi connectivity index (χ1n) is 10.0. The topological polar surface area (TPSA) is 149 Å². The lowest BCUT2D eigenvalue weighted by Crippen LogP contribution is -2.24. The molecule has 0 bridgehead atoms. The first-order chi connectivity index (χ1) is 15.9. The van der Waals surface area contributed by atoms with E-state index in [9.17, 15) is 19.7 Å². The van der Waals surface area contributed by atoms with Crippen LogP contribution in [0.4, 0.5) is 5.69 Å². The average Bonchev–Trinajstić information content (AvgIpc) is 2.80. The second kappa shape index (κ2) is 10.7. The molecule has 2 aromatic carbocycles. The standard InChI is InChI=1S/C22H21N5O6/c1-3-32-19-12-20(33-4-2)18(27(30)31)10-15(19)13-23-26-21(28)17-11-16(24-22(29)25-17)14-8-6-5-7-9-14/h5-13H,3-4H2,1-2H3,(H,26,28)(H,24,25,29)/b23-13+. The van der Waals surface area contributed by atoms with Crippen LogP contribution in [0.2, 0.25) is 0 Å². The van der Waals surface area contributed by atoms with Gasteiger partial charge in [-0.3, -0.25) is 14.9 Å². The van der Waals surface area contributed by atoms with Gasteiger partial charge in [0.25, 0.3) is 5.91 Å². The Morgan fingerprint density at radius 2 is 1.85 bits per heavy atom. The second-order valence-electron chi connectivity index (χ2n) is 6.53. The van der Waals surface area contributed by atoms with E-state index in [4.69, 9.17) is 9.47 Å². The van der Waals surface area contributed by atoms with Gasteiger partial charge in [-0.05, 0) is 19.9 Å². The second-order valence-corrected chi connectivity index (χ2v) is 6.53. The molecule has 0 aliphatic carbocycles. The Balaban J connectivity index is 1.85. The molecular weight excluding hydrogens is 430 g/mol. The Morgan fingerprint density at radius 1 is 1.15 bits per heavy atom. The number of nitro benzene ring substituents is 1. The van der Waals surface area contributed by atoms with Gasteiger partial charge >= 0.3 is 11.4 Å². The average molecular weight is 451 g/mol. The van der Waals surface area contributed by atoms with E-state index in [1.165, 1.54) is 24.4 Å². The number of aromatic nitrogens is 2. The van der Waals surface area contributed by atoms with Crippen LogP contribution >= 0.6 is 0 Å². The highest BCUT2D eigenvalue weighted by molar-refractivity contribution is 5.94. The van der Waals surface area contributed by atoms with E-state index in [2.05, 4.69) is 20.5 Å². The number of carbonyl (C=O) groups is 1. The summed E-state index contributed by atoms with van der Waals surface area (Å²) >= 11 is 0. The van der Waals surface area contributed by atoms with Gasteiger partial charge in [0.2, 0.25) is 5.75 Å². The smallest absolute Gasteiger partial charge is 0.346 e. The third kappa shape index (κ3) is 5.79. The van der Waals surface area contributed by atoms with Crippen molar-refractivity contribution >= 4 is 17.8 Å². The number of nitro groups is 1. The molecule has 0 atom stereocenters. The Morgan fingerprint density at radius 3 is 2.52 bits per heavy atom. The maximum atomic E-state index is 12.5. The molecule has 0 aliphatic rings. The number of hydrazone groups is 1. The maximum Gasteiger partial charge on any atom is 0.346 e. The molecule has 33 heavy (non-hydrogen) atoms. The number of carbonyl (C=O) groups excluding carboxylic acids is 1. The van der Waals surface area contributed by atoms with Crippen LogP contribution in [0.25, 0.3) is 11.3 Å². The fourth-order valence-electron chi connectivity index (χ4n) is 2.92. The van der Waals surface area contributed by atoms with E-state index in [1.807, 2.05) is 6.07 Å². The van der Waals surface area contributed by atoms with Gasteiger partial charge < -0.3 is 14.5 Å². The van der Waals surface area contributed by atoms with Gasteiger partial charge in [0.05, 0.1) is 30.0 Å². The molecule has 3 rings (SSSR count). The summed E-state index contributed by atoms with van der Waals surface area (Å²) in [5.41, 5.74) is 2.55. The van der Waals surface area contributed by atoms with Gasteiger partial charge in [-0.1, -0.05) is 30.3 Å². The number of aromatic amines is 1. The predicted octanol–water partition coefficient (Wildman–Crippen LogP) is 2.91. The van der Waals surface area contributed by atoms with Crippen LogP contribution in [-0.4, -0.2) is 40.2 Å². The normalized spacial score (nSPS) is 10.7. The lowest BCUT2D eigenvalue weighted by Gasteiger charge is -2.10. The van der Waals surface area contributed by atoms with Crippen LogP contribution in [0.3, 0.4) is 0 Å². The molecule has 1 heterocycles.